The summed E-state index contributed by atoms with van der Waals surface area (Å²) in [7, 11) is 0. The molecule has 0 unspecified atom stereocenters. The number of hydrogen-bond acceptors (Lipinski definition) is 4. The van der Waals surface area contributed by atoms with E-state index in [0.717, 1.165) is 57.2 Å². The van der Waals surface area contributed by atoms with E-state index in [0.29, 0.717) is 17.5 Å². The van der Waals surface area contributed by atoms with Crippen LogP contribution in [0.5, 0.6) is 0 Å². The lowest BCUT2D eigenvalue weighted by molar-refractivity contribution is 0.661. The Bertz CT molecular complexity index is 2910. The van der Waals surface area contributed by atoms with Crippen LogP contribution in [-0.4, -0.2) is 19.5 Å². The maximum absolute atomic E-state index is 6.55. The van der Waals surface area contributed by atoms with E-state index < -0.39 is 0 Å². The highest BCUT2D eigenvalue weighted by molar-refractivity contribution is 6.07. The SMILES string of the molecule is CC1(C)c2ccccc2-c2cc3c4c(n(-c5ccc6oc7cc(-c8nc(-c9ccccc9)nc(-c9ccccc9)n8)ccc7c6c5)c3cc21)CCC=C4. The molecule has 0 aliphatic heterocycles. The van der Waals surface area contributed by atoms with Crippen molar-refractivity contribution in [2.45, 2.75) is 32.1 Å². The van der Waals surface area contributed by atoms with Gasteiger partial charge >= 0.3 is 0 Å². The van der Waals surface area contributed by atoms with Gasteiger partial charge in [0.2, 0.25) is 0 Å². The number of fused-ring (bicyclic) bond motifs is 9. The van der Waals surface area contributed by atoms with Crippen molar-refractivity contribution in [2.75, 3.05) is 0 Å². The van der Waals surface area contributed by atoms with Crippen LogP contribution in [0.1, 0.15) is 42.7 Å². The molecule has 0 N–H and O–H groups in total. The molecule has 0 atom stereocenters. The number of aromatic nitrogens is 4. The van der Waals surface area contributed by atoms with Crippen LogP contribution in [0.3, 0.4) is 0 Å². The lowest BCUT2D eigenvalue weighted by Gasteiger charge is -2.21. The average Bonchev–Trinajstić information content (AvgIpc) is 3.82. The first-order chi connectivity index (χ1) is 26.0. The molecule has 0 saturated carbocycles. The maximum Gasteiger partial charge on any atom is 0.164 e. The first-order valence-electron chi connectivity index (χ1n) is 18.3. The second-order valence-corrected chi connectivity index (χ2v) is 14.8. The van der Waals surface area contributed by atoms with Crippen LogP contribution in [0.15, 0.2) is 144 Å². The molecule has 5 heteroatoms. The molecule has 0 bridgehead atoms. The summed E-state index contributed by atoms with van der Waals surface area (Å²) < 4.78 is 9.05. The lowest BCUT2D eigenvalue weighted by atomic mass is 9.82. The van der Waals surface area contributed by atoms with Gasteiger partial charge in [0.05, 0.1) is 5.52 Å². The van der Waals surface area contributed by atoms with Gasteiger partial charge in [-0.05, 0) is 77.6 Å². The Hall–Kier alpha value is -6.59. The largest absolute Gasteiger partial charge is 0.456 e. The van der Waals surface area contributed by atoms with Crippen LogP contribution in [0.4, 0.5) is 0 Å². The molecular weight excluding hydrogens is 649 g/mol. The number of rotatable bonds is 4. The van der Waals surface area contributed by atoms with E-state index in [1.54, 1.807) is 0 Å². The van der Waals surface area contributed by atoms with E-state index in [2.05, 4.69) is 103 Å². The summed E-state index contributed by atoms with van der Waals surface area (Å²) in [6, 6.07) is 46.9. The van der Waals surface area contributed by atoms with Crippen LogP contribution in [-0.2, 0) is 11.8 Å². The minimum Gasteiger partial charge on any atom is -0.456 e. The summed E-state index contributed by atoms with van der Waals surface area (Å²) in [5.74, 6) is 1.88. The number of allylic oxidation sites excluding steroid dienone is 1. The average molecular weight is 683 g/mol. The summed E-state index contributed by atoms with van der Waals surface area (Å²) >= 11 is 0. The Labute approximate surface area is 306 Å². The van der Waals surface area contributed by atoms with E-state index in [9.17, 15) is 0 Å². The molecule has 0 spiro atoms. The molecule has 3 aromatic heterocycles. The highest BCUT2D eigenvalue weighted by Crippen LogP contribution is 2.51. The normalized spacial score (nSPS) is 14.2. The minimum absolute atomic E-state index is 0.0732. The van der Waals surface area contributed by atoms with Crippen molar-refractivity contribution in [1.82, 2.24) is 19.5 Å². The zero-order valence-electron chi connectivity index (χ0n) is 29.5. The second-order valence-electron chi connectivity index (χ2n) is 14.8. The van der Waals surface area contributed by atoms with Gasteiger partial charge in [0, 0.05) is 55.2 Å². The molecule has 252 valence electrons. The van der Waals surface area contributed by atoms with Crippen LogP contribution in [0, 0.1) is 0 Å². The number of benzene rings is 6. The van der Waals surface area contributed by atoms with Crippen molar-refractivity contribution in [1.29, 1.82) is 0 Å². The topological polar surface area (TPSA) is 56.7 Å². The molecular formula is C48H34N4O. The zero-order valence-corrected chi connectivity index (χ0v) is 29.5. The van der Waals surface area contributed by atoms with Gasteiger partial charge in [-0.3, -0.25) is 0 Å². The molecule has 0 amide bonds. The van der Waals surface area contributed by atoms with Crippen molar-refractivity contribution in [3.05, 3.63) is 162 Å². The highest BCUT2D eigenvalue weighted by Gasteiger charge is 2.36. The quantitative estimate of drug-likeness (QED) is 0.185. The van der Waals surface area contributed by atoms with E-state index in [4.69, 9.17) is 19.4 Å². The van der Waals surface area contributed by atoms with Crippen LogP contribution >= 0.6 is 0 Å². The van der Waals surface area contributed by atoms with Crippen molar-refractivity contribution in [3.63, 3.8) is 0 Å². The predicted molar refractivity (Wildman–Crippen MR) is 215 cm³/mol. The van der Waals surface area contributed by atoms with E-state index in [1.807, 2.05) is 60.7 Å². The summed E-state index contributed by atoms with van der Waals surface area (Å²) in [6.45, 7) is 4.72. The second kappa shape index (κ2) is 11.2. The minimum atomic E-state index is -0.0732. The lowest BCUT2D eigenvalue weighted by Crippen LogP contribution is -2.15. The monoisotopic (exact) mass is 682 g/mol. The third-order valence-corrected chi connectivity index (χ3v) is 11.3. The fraction of sp³-hybridized carbons (Fsp3) is 0.104. The Morgan fingerprint density at radius 2 is 1.26 bits per heavy atom. The third kappa shape index (κ3) is 4.53. The Morgan fingerprint density at radius 3 is 2.02 bits per heavy atom. The summed E-state index contributed by atoms with van der Waals surface area (Å²) in [5, 5.41) is 3.46. The van der Waals surface area contributed by atoms with E-state index in [1.165, 1.54) is 44.4 Å². The summed E-state index contributed by atoms with van der Waals surface area (Å²) in [6.07, 6.45) is 6.68. The van der Waals surface area contributed by atoms with Gasteiger partial charge in [0.1, 0.15) is 11.2 Å². The fourth-order valence-electron chi connectivity index (χ4n) is 8.69. The molecule has 2 aliphatic carbocycles. The highest BCUT2D eigenvalue weighted by atomic mass is 16.3. The molecule has 0 fully saturated rings. The molecule has 11 rings (SSSR count). The standard InChI is InChI=1S/C48H34N4O/c1-48(2)39-19-11-9-17-33(39)36-27-37-34-18-10-12-20-41(34)52(42(37)28-40(36)48)32-22-24-43-38(26-32)35-23-21-31(25-44(35)53-43)47-50-45(29-13-5-3-6-14-29)49-46(51-47)30-15-7-4-8-16-30/h3-11,13-19,21-28H,12,20H2,1-2H3. The third-order valence-electron chi connectivity index (χ3n) is 11.3. The Balaban J connectivity index is 1.06. The van der Waals surface area contributed by atoms with Crippen LogP contribution < -0.4 is 0 Å². The molecule has 5 nitrogen and oxygen atoms in total. The summed E-state index contributed by atoms with van der Waals surface area (Å²) in [5.41, 5.74) is 15.0. The molecule has 0 radical (unpaired) electrons. The van der Waals surface area contributed by atoms with Gasteiger partial charge in [-0.15, -0.1) is 0 Å². The molecule has 3 heterocycles. The fourth-order valence-corrected chi connectivity index (χ4v) is 8.69. The predicted octanol–water partition coefficient (Wildman–Crippen LogP) is 12.0. The van der Waals surface area contributed by atoms with Crippen molar-refractivity contribution < 1.29 is 4.42 Å². The van der Waals surface area contributed by atoms with Gasteiger partial charge in [-0.25, -0.2) is 15.0 Å². The Kier molecular flexibility index (Phi) is 6.36. The molecule has 0 saturated heterocycles. The maximum atomic E-state index is 6.55. The first-order valence-corrected chi connectivity index (χ1v) is 18.3. The molecule has 9 aromatic rings. The first kappa shape index (κ1) is 30.1. The zero-order chi connectivity index (χ0) is 35.3. The number of hydrogen-bond donors (Lipinski definition) is 0. The van der Waals surface area contributed by atoms with Gasteiger partial charge < -0.3 is 8.98 Å². The van der Waals surface area contributed by atoms with Crippen molar-refractivity contribution in [2.24, 2.45) is 0 Å². The van der Waals surface area contributed by atoms with Crippen LogP contribution in [0.25, 0.3) is 89.9 Å². The number of furan rings is 1. The van der Waals surface area contributed by atoms with Gasteiger partial charge in [-0.2, -0.15) is 0 Å². The van der Waals surface area contributed by atoms with Crippen molar-refractivity contribution in [3.8, 4) is 51.0 Å². The van der Waals surface area contributed by atoms with Crippen LogP contribution in [0.2, 0.25) is 0 Å². The smallest absolute Gasteiger partial charge is 0.164 e. The number of nitrogens with zero attached hydrogens (tertiary/aromatic N) is 4. The van der Waals surface area contributed by atoms with Gasteiger partial charge in [0.15, 0.2) is 17.5 Å². The van der Waals surface area contributed by atoms with E-state index in [-0.39, 0.29) is 5.41 Å². The molecule has 2 aliphatic rings. The molecule has 53 heavy (non-hydrogen) atoms. The van der Waals surface area contributed by atoms with E-state index >= 15 is 0 Å². The van der Waals surface area contributed by atoms with Gasteiger partial charge in [-0.1, -0.05) is 117 Å². The van der Waals surface area contributed by atoms with Crippen molar-refractivity contribution >= 4 is 38.9 Å². The Morgan fingerprint density at radius 1 is 0.566 bits per heavy atom. The van der Waals surface area contributed by atoms with Gasteiger partial charge in [0.25, 0.3) is 0 Å². The summed E-state index contributed by atoms with van der Waals surface area (Å²) in [4.78, 5) is 14.8. The molecule has 6 aromatic carbocycles.